The molecule has 0 aliphatic heterocycles. The molecule has 3 nitrogen and oxygen atoms in total. The van der Waals surface area contributed by atoms with Crippen LogP contribution in [-0.4, -0.2) is 18.2 Å². The Morgan fingerprint density at radius 2 is 1.81 bits per heavy atom. The molecular formula is C13H17NO2. The van der Waals surface area contributed by atoms with E-state index in [0.717, 1.165) is 5.56 Å². The third-order valence-corrected chi connectivity index (χ3v) is 2.30. The van der Waals surface area contributed by atoms with Crippen LogP contribution in [0.2, 0.25) is 0 Å². The maximum atomic E-state index is 11.6. The summed E-state index contributed by atoms with van der Waals surface area (Å²) >= 11 is 0. The van der Waals surface area contributed by atoms with E-state index < -0.39 is 0 Å². The van der Waals surface area contributed by atoms with Gasteiger partial charge in [-0.1, -0.05) is 17.7 Å². The van der Waals surface area contributed by atoms with Crippen molar-refractivity contribution in [3.63, 3.8) is 0 Å². The fourth-order valence-electron chi connectivity index (χ4n) is 1.35. The summed E-state index contributed by atoms with van der Waals surface area (Å²) in [7, 11) is 0. The molecule has 0 aliphatic carbocycles. The van der Waals surface area contributed by atoms with Crippen molar-refractivity contribution in [3.8, 4) is 0 Å². The molecule has 0 aliphatic rings. The van der Waals surface area contributed by atoms with Crippen LogP contribution < -0.4 is 5.32 Å². The molecule has 0 heterocycles. The fraction of sp³-hybridized carbons (Fsp3) is 0.385. The molecule has 0 aromatic heterocycles. The first-order chi connectivity index (χ1) is 7.59. The number of hydrogen-bond donors (Lipinski definition) is 1. The topological polar surface area (TPSA) is 46.2 Å². The second kappa shape index (κ2) is 6.05. The normalized spacial score (nSPS) is 9.88. The number of benzene rings is 1. The third kappa shape index (κ3) is 4.26. The quantitative estimate of drug-likeness (QED) is 0.771. The molecule has 1 aromatic rings. The molecule has 1 rings (SSSR count). The van der Waals surface area contributed by atoms with Gasteiger partial charge in [0, 0.05) is 18.5 Å². The molecule has 0 fully saturated rings. The maximum absolute atomic E-state index is 11.6. The van der Waals surface area contributed by atoms with Crippen molar-refractivity contribution >= 4 is 11.7 Å². The zero-order valence-corrected chi connectivity index (χ0v) is 9.75. The van der Waals surface area contributed by atoms with Crippen LogP contribution >= 0.6 is 0 Å². The number of rotatable bonds is 5. The van der Waals surface area contributed by atoms with E-state index in [-0.39, 0.29) is 11.7 Å². The summed E-state index contributed by atoms with van der Waals surface area (Å²) in [6.45, 7) is 4.09. The van der Waals surface area contributed by atoms with Crippen molar-refractivity contribution < 1.29 is 9.59 Å². The predicted octanol–water partition coefficient (Wildman–Crippen LogP) is 2.09. The number of amides is 1. The summed E-state index contributed by atoms with van der Waals surface area (Å²) in [5.74, 6) is 0.0770. The standard InChI is InChI=1S/C13H17NO2/c1-10-5-7-12(8-6-10)13(16)14-9-3-4-11(2)15/h5-8H,3-4,9H2,1-2H3,(H,14,16). The molecule has 1 amide bonds. The second-order valence-corrected chi connectivity index (χ2v) is 3.93. The van der Waals surface area contributed by atoms with E-state index in [4.69, 9.17) is 0 Å². The van der Waals surface area contributed by atoms with Crippen LogP contribution in [0.5, 0.6) is 0 Å². The summed E-state index contributed by atoms with van der Waals surface area (Å²) in [5.41, 5.74) is 1.79. The molecule has 86 valence electrons. The van der Waals surface area contributed by atoms with Crippen molar-refractivity contribution in [2.75, 3.05) is 6.54 Å². The van der Waals surface area contributed by atoms with Gasteiger partial charge >= 0.3 is 0 Å². The lowest BCUT2D eigenvalue weighted by molar-refractivity contribution is -0.117. The number of hydrogen-bond acceptors (Lipinski definition) is 2. The highest BCUT2D eigenvalue weighted by molar-refractivity contribution is 5.94. The van der Waals surface area contributed by atoms with E-state index in [1.807, 2.05) is 19.1 Å². The first-order valence-electron chi connectivity index (χ1n) is 5.44. The van der Waals surface area contributed by atoms with E-state index in [2.05, 4.69) is 5.32 Å². The van der Waals surface area contributed by atoms with Crippen molar-refractivity contribution in [1.82, 2.24) is 5.32 Å². The zero-order valence-electron chi connectivity index (χ0n) is 9.75. The Hall–Kier alpha value is -1.64. The molecule has 0 unspecified atom stereocenters. The minimum atomic E-state index is -0.0800. The Kier molecular flexibility index (Phi) is 4.70. The summed E-state index contributed by atoms with van der Waals surface area (Å²) < 4.78 is 0. The maximum Gasteiger partial charge on any atom is 0.251 e. The van der Waals surface area contributed by atoms with Gasteiger partial charge in [-0.15, -0.1) is 0 Å². The van der Waals surface area contributed by atoms with Gasteiger partial charge in [0.15, 0.2) is 0 Å². The number of carbonyl (C=O) groups excluding carboxylic acids is 2. The van der Waals surface area contributed by atoms with Gasteiger partial charge in [0.25, 0.3) is 5.91 Å². The third-order valence-electron chi connectivity index (χ3n) is 2.30. The molecule has 0 saturated heterocycles. The van der Waals surface area contributed by atoms with Gasteiger partial charge in [0.05, 0.1) is 0 Å². The molecule has 1 aromatic carbocycles. The fourth-order valence-corrected chi connectivity index (χ4v) is 1.35. The Morgan fingerprint density at radius 3 is 2.38 bits per heavy atom. The monoisotopic (exact) mass is 219 g/mol. The van der Waals surface area contributed by atoms with E-state index in [0.29, 0.717) is 24.9 Å². The summed E-state index contributed by atoms with van der Waals surface area (Å²) in [4.78, 5) is 22.3. The first kappa shape index (κ1) is 12.4. The smallest absolute Gasteiger partial charge is 0.251 e. The lowest BCUT2D eigenvalue weighted by Crippen LogP contribution is -2.24. The van der Waals surface area contributed by atoms with E-state index >= 15 is 0 Å². The van der Waals surface area contributed by atoms with Gasteiger partial charge < -0.3 is 10.1 Å². The Labute approximate surface area is 95.9 Å². The molecule has 0 bridgehead atoms. The van der Waals surface area contributed by atoms with Gasteiger partial charge in [0.2, 0.25) is 0 Å². The molecule has 0 spiro atoms. The van der Waals surface area contributed by atoms with Crippen LogP contribution in [0.15, 0.2) is 24.3 Å². The van der Waals surface area contributed by atoms with E-state index in [1.54, 1.807) is 19.1 Å². The van der Waals surface area contributed by atoms with Crippen LogP contribution in [0.4, 0.5) is 0 Å². The number of nitrogens with one attached hydrogen (secondary N) is 1. The Morgan fingerprint density at radius 1 is 1.19 bits per heavy atom. The lowest BCUT2D eigenvalue weighted by atomic mass is 10.1. The van der Waals surface area contributed by atoms with Gasteiger partial charge in [-0.25, -0.2) is 0 Å². The summed E-state index contributed by atoms with van der Waals surface area (Å²) in [6, 6.07) is 7.42. The molecule has 1 N–H and O–H groups in total. The van der Waals surface area contributed by atoms with Gasteiger partial charge in [-0.3, -0.25) is 4.79 Å². The summed E-state index contributed by atoms with van der Waals surface area (Å²) in [5, 5.41) is 2.78. The minimum absolute atomic E-state index is 0.0800. The first-order valence-corrected chi connectivity index (χ1v) is 5.44. The number of ketones is 1. The van der Waals surface area contributed by atoms with Crippen molar-refractivity contribution in [1.29, 1.82) is 0 Å². The second-order valence-electron chi connectivity index (χ2n) is 3.93. The average molecular weight is 219 g/mol. The molecule has 0 atom stereocenters. The molecule has 0 saturated carbocycles. The SMILES string of the molecule is CC(=O)CCCNC(=O)c1ccc(C)cc1. The highest BCUT2D eigenvalue weighted by Crippen LogP contribution is 2.02. The molecule has 0 radical (unpaired) electrons. The molecular weight excluding hydrogens is 202 g/mol. The van der Waals surface area contributed by atoms with Crippen molar-refractivity contribution in [2.24, 2.45) is 0 Å². The Bertz CT molecular complexity index is 368. The van der Waals surface area contributed by atoms with Crippen molar-refractivity contribution in [3.05, 3.63) is 35.4 Å². The van der Waals surface area contributed by atoms with E-state index in [9.17, 15) is 9.59 Å². The van der Waals surface area contributed by atoms with Crippen LogP contribution in [0.25, 0.3) is 0 Å². The Balaban J connectivity index is 2.35. The summed E-state index contributed by atoms with van der Waals surface area (Å²) in [6.07, 6.45) is 1.22. The highest BCUT2D eigenvalue weighted by atomic mass is 16.1. The van der Waals surface area contributed by atoms with Crippen LogP contribution in [0.1, 0.15) is 35.7 Å². The highest BCUT2D eigenvalue weighted by Gasteiger charge is 2.03. The minimum Gasteiger partial charge on any atom is -0.352 e. The van der Waals surface area contributed by atoms with Gasteiger partial charge in [-0.05, 0) is 32.4 Å². The van der Waals surface area contributed by atoms with E-state index in [1.165, 1.54) is 0 Å². The number of carbonyl (C=O) groups is 2. The average Bonchev–Trinajstić information content (AvgIpc) is 2.25. The van der Waals surface area contributed by atoms with Crippen LogP contribution in [0.3, 0.4) is 0 Å². The number of Topliss-reactive ketones (excluding diaryl/α,β-unsaturated/α-hetero) is 1. The van der Waals surface area contributed by atoms with Gasteiger partial charge in [0.1, 0.15) is 5.78 Å². The number of aryl methyl sites for hydroxylation is 1. The molecule has 3 heteroatoms. The molecule has 16 heavy (non-hydrogen) atoms. The van der Waals surface area contributed by atoms with Gasteiger partial charge in [-0.2, -0.15) is 0 Å². The van der Waals surface area contributed by atoms with Crippen LogP contribution in [-0.2, 0) is 4.79 Å². The largest absolute Gasteiger partial charge is 0.352 e. The lowest BCUT2D eigenvalue weighted by Gasteiger charge is -2.04. The van der Waals surface area contributed by atoms with Crippen molar-refractivity contribution in [2.45, 2.75) is 26.7 Å². The predicted molar refractivity (Wildman–Crippen MR) is 63.4 cm³/mol. The van der Waals surface area contributed by atoms with Crippen LogP contribution in [0, 0.1) is 6.92 Å². The zero-order chi connectivity index (χ0) is 12.0.